The summed E-state index contributed by atoms with van der Waals surface area (Å²) in [6.07, 6.45) is 4.16. The molecule has 3 aromatic rings. The molecule has 7 heteroatoms. The Bertz CT molecular complexity index is 1110. The van der Waals surface area contributed by atoms with Gasteiger partial charge in [0.2, 0.25) is 0 Å². The van der Waals surface area contributed by atoms with Gasteiger partial charge in [-0.3, -0.25) is 4.79 Å². The van der Waals surface area contributed by atoms with Crippen molar-refractivity contribution in [3.8, 4) is 11.3 Å². The molecule has 0 N–H and O–H groups in total. The van der Waals surface area contributed by atoms with Gasteiger partial charge in [0.05, 0.1) is 25.8 Å². The van der Waals surface area contributed by atoms with Crippen molar-refractivity contribution in [2.75, 3.05) is 13.7 Å². The summed E-state index contributed by atoms with van der Waals surface area (Å²) in [5, 5.41) is 8.53. The Kier molecular flexibility index (Phi) is 7.40. The number of methoxy groups -OCH3 is 1. The standard InChI is InChI=1S/C27H31N3O4/c1-4-19-16-22(26(31)34-5-2)25(19)21-13-11-20(12-14-21)23-17-30(29-28-23)24(27(32)33-3)15-18-9-7-6-8-10-18/h6-14,17,19,22,24-25H,4-5,15-16H2,1-3H3/t19-,22-,24-,25?/m0/s1. The van der Waals surface area contributed by atoms with Gasteiger partial charge in [-0.05, 0) is 30.4 Å². The van der Waals surface area contributed by atoms with E-state index in [2.05, 4.69) is 29.4 Å². The zero-order chi connectivity index (χ0) is 24.1. The first kappa shape index (κ1) is 23.7. The number of hydrogen-bond acceptors (Lipinski definition) is 6. The van der Waals surface area contributed by atoms with Crippen LogP contribution in [0.15, 0.2) is 60.8 Å². The normalized spacial score (nSPS) is 20.3. The highest BCUT2D eigenvalue weighted by molar-refractivity contribution is 5.76. The Morgan fingerprint density at radius 2 is 1.82 bits per heavy atom. The van der Waals surface area contributed by atoms with E-state index in [1.807, 2.05) is 49.4 Å². The molecule has 4 rings (SSSR count). The molecule has 34 heavy (non-hydrogen) atoms. The summed E-state index contributed by atoms with van der Waals surface area (Å²) in [5.74, 6) is 0.131. The Morgan fingerprint density at radius 3 is 2.47 bits per heavy atom. The molecule has 0 saturated heterocycles. The summed E-state index contributed by atoms with van der Waals surface area (Å²) in [6.45, 7) is 4.42. The molecule has 0 amide bonds. The number of aromatic nitrogens is 3. The predicted octanol–water partition coefficient (Wildman–Crippen LogP) is 4.59. The van der Waals surface area contributed by atoms with Crippen LogP contribution in [0.4, 0.5) is 0 Å². The summed E-state index contributed by atoms with van der Waals surface area (Å²) >= 11 is 0. The number of hydrogen-bond donors (Lipinski definition) is 0. The largest absolute Gasteiger partial charge is 0.467 e. The van der Waals surface area contributed by atoms with Crippen LogP contribution in [-0.2, 0) is 25.5 Å². The molecule has 1 fully saturated rings. The monoisotopic (exact) mass is 461 g/mol. The Morgan fingerprint density at radius 1 is 1.09 bits per heavy atom. The van der Waals surface area contributed by atoms with E-state index < -0.39 is 6.04 Å². The first-order valence-electron chi connectivity index (χ1n) is 11.9. The van der Waals surface area contributed by atoms with Gasteiger partial charge in [-0.25, -0.2) is 9.48 Å². The smallest absolute Gasteiger partial charge is 0.331 e. The third-order valence-electron chi connectivity index (χ3n) is 6.78. The van der Waals surface area contributed by atoms with Crippen LogP contribution in [0.2, 0.25) is 0 Å². The second-order valence-corrected chi connectivity index (χ2v) is 8.72. The molecule has 0 radical (unpaired) electrons. The van der Waals surface area contributed by atoms with Crippen molar-refractivity contribution in [3.05, 3.63) is 71.9 Å². The van der Waals surface area contributed by atoms with Gasteiger partial charge in [0.15, 0.2) is 6.04 Å². The minimum absolute atomic E-state index is 0.0737. The van der Waals surface area contributed by atoms with Gasteiger partial charge in [0.25, 0.3) is 0 Å². The van der Waals surface area contributed by atoms with Crippen molar-refractivity contribution in [2.45, 2.75) is 45.1 Å². The lowest BCUT2D eigenvalue weighted by Crippen LogP contribution is -2.40. The average Bonchev–Trinajstić information content (AvgIpc) is 3.33. The first-order valence-corrected chi connectivity index (χ1v) is 11.9. The molecule has 0 spiro atoms. The van der Waals surface area contributed by atoms with Crippen molar-refractivity contribution >= 4 is 11.9 Å². The third kappa shape index (κ3) is 4.88. The molecule has 4 atom stereocenters. The number of esters is 2. The van der Waals surface area contributed by atoms with Gasteiger partial charge in [-0.15, -0.1) is 5.10 Å². The molecule has 178 valence electrons. The summed E-state index contributed by atoms with van der Waals surface area (Å²) in [5.41, 5.74) is 3.74. The van der Waals surface area contributed by atoms with E-state index in [9.17, 15) is 9.59 Å². The van der Waals surface area contributed by atoms with E-state index in [0.29, 0.717) is 24.6 Å². The van der Waals surface area contributed by atoms with Crippen LogP contribution < -0.4 is 0 Å². The molecule has 1 aliphatic carbocycles. The molecule has 0 bridgehead atoms. The summed E-state index contributed by atoms with van der Waals surface area (Å²) in [4.78, 5) is 24.8. The van der Waals surface area contributed by atoms with Crippen LogP contribution in [0.1, 0.15) is 49.8 Å². The minimum Gasteiger partial charge on any atom is -0.467 e. The highest BCUT2D eigenvalue weighted by atomic mass is 16.5. The summed E-state index contributed by atoms with van der Waals surface area (Å²) in [7, 11) is 1.38. The van der Waals surface area contributed by atoms with Crippen LogP contribution in [0, 0.1) is 11.8 Å². The number of carbonyl (C=O) groups excluding carboxylic acids is 2. The van der Waals surface area contributed by atoms with E-state index in [1.54, 1.807) is 10.9 Å². The first-order chi connectivity index (χ1) is 16.5. The lowest BCUT2D eigenvalue weighted by atomic mass is 9.61. The Balaban J connectivity index is 1.53. The molecule has 1 aromatic heterocycles. The fourth-order valence-corrected chi connectivity index (χ4v) is 4.86. The maximum Gasteiger partial charge on any atom is 0.331 e. The summed E-state index contributed by atoms with van der Waals surface area (Å²) in [6, 6.07) is 17.3. The van der Waals surface area contributed by atoms with Crippen molar-refractivity contribution in [2.24, 2.45) is 11.8 Å². The maximum atomic E-state index is 12.5. The van der Waals surface area contributed by atoms with Crippen molar-refractivity contribution in [1.29, 1.82) is 0 Å². The van der Waals surface area contributed by atoms with E-state index in [4.69, 9.17) is 9.47 Å². The number of nitrogens with zero attached hydrogens (tertiary/aromatic N) is 3. The summed E-state index contributed by atoms with van der Waals surface area (Å²) < 4.78 is 11.9. The second-order valence-electron chi connectivity index (χ2n) is 8.72. The van der Waals surface area contributed by atoms with Crippen LogP contribution in [-0.4, -0.2) is 40.6 Å². The van der Waals surface area contributed by atoms with Gasteiger partial charge < -0.3 is 9.47 Å². The quantitative estimate of drug-likeness (QED) is 0.433. The molecule has 2 aromatic carbocycles. The lowest BCUT2D eigenvalue weighted by Gasteiger charge is -2.43. The highest BCUT2D eigenvalue weighted by Gasteiger charge is 2.45. The number of ether oxygens (including phenoxy) is 2. The Hall–Kier alpha value is -3.48. The number of benzene rings is 2. The van der Waals surface area contributed by atoms with Crippen molar-refractivity contribution in [3.63, 3.8) is 0 Å². The number of rotatable bonds is 9. The molecule has 1 saturated carbocycles. The molecule has 1 aliphatic rings. The molecule has 1 heterocycles. The second kappa shape index (κ2) is 10.6. The van der Waals surface area contributed by atoms with Gasteiger partial charge in [0.1, 0.15) is 5.69 Å². The van der Waals surface area contributed by atoms with Gasteiger partial charge in [0, 0.05) is 17.9 Å². The van der Waals surface area contributed by atoms with Crippen LogP contribution in [0.25, 0.3) is 11.3 Å². The minimum atomic E-state index is -0.599. The highest BCUT2D eigenvalue weighted by Crippen LogP contribution is 2.50. The van der Waals surface area contributed by atoms with Crippen LogP contribution in [0.3, 0.4) is 0 Å². The van der Waals surface area contributed by atoms with E-state index in [-0.39, 0.29) is 23.8 Å². The number of carbonyl (C=O) groups is 2. The third-order valence-corrected chi connectivity index (χ3v) is 6.78. The lowest BCUT2D eigenvalue weighted by molar-refractivity contribution is -0.154. The van der Waals surface area contributed by atoms with Gasteiger partial charge >= 0.3 is 11.9 Å². The van der Waals surface area contributed by atoms with Crippen LogP contribution >= 0.6 is 0 Å². The van der Waals surface area contributed by atoms with Crippen LogP contribution in [0.5, 0.6) is 0 Å². The Labute approximate surface area is 200 Å². The van der Waals surface area contributed by atoms with E-state index >= 15 is 0 Å². The van der Waals surface area contributed by atoms with Crippen molar-refractivity contribution in [1.82, 2.24) is 15.0 Å². The zero-order valence-electron chi connectivity index (χ0n) is 19.9. The fourth-order valence-electron chi connectivity index (χ4n) is 4.86. The molecule has 1 unspecified atom stereocenters. The predicted molar refractivity (Wildman–Crippen MR) is 128 cm³/mol. The maximum absolute atomic E-state index is 12.5. The molecular formula is C27H31N3O4. The molecular weight excluding hydrogens is 430 g/mol. The topological polar surface area (TPSA) is 83.3 Å². The van der Waals surface area contributed by atoms with Gasteiger partial charge in [-0.2, -0.15) is 0 Å². The van der Waals surface area contributed by atoms with E-state index in [1.165, 1.54) is 7.11 Å². The SMILES string of the molecule is CCOC(=O)[C@H]1C[C@H](CC)C1c1ccc(-c2cn([C@@H](Cc3ccccc3)C(=O)OC)nn2)cc1. The van der Waals surface area contributed by atoms with E-state index in [0.717, 1.165) is 29.5 Å². The fraction of sp³-hybridized carbons (Fsp3) is 0.407. The average molecular weight is 462 g/mol. The molecule has 7 nitrogen and oxygen atoms in total. The zero-order valence-corrected chi connectivity index (χ0v) is 19.9. The molecule has 0 aliphatic heterocycles. The van der Waals surface area contributed by atoms with Gasteiger partial charge in [-0.1, -0.05) is 73.2 Å². The van der Waals surface area contributed by atoms with Crippen molar-refractivity contribution < 1.29 is 19.1 Å².